The Balaban J connectivity index is 1.79. The Bertz CT molecular complexity index is 1150. The molecule has 6 heteroatoms. The maximum Gasteiger partial charge on any atom is 0.248 e. The van der Waals surface area contributed by atoms with Gasteiger partial charge in [-0.05, 0) is 60.9 Å². The summed E-state index contributed by atoms with van der Waals surface area (Å²) >= 11 is 0. The Labute approximate surface area is 179 Å². The van der Waals surface area contributed by atoms with Crippen LogP contribution in [0.5, 0.6) is 11.5 Å². The molecule has 3 aromatic rings. The van der Waals surface area contributed by atoms with E-state index >= 15 is 0 Å². The summed E-state index contributed by atoms with van der Waals surface area (Å²) in [5, 5.41) is 0. The molecule has 4 rings (SSSR count). The molecular weight excluding hydrogens is 397 g/mol. The van der Waals surface area contributed by atoms with Crippen LogP contribution in [-0.2, 0) is 0 Å². The average Bonchev–Trinajstić information content (AvgIpc) is 2.76. The van der Waals surface area contributed by atoms with Crippen molar-refractivity contribution in [3.63, 3.8) is 0 Å². The lowest BCUT2D eigenvalue weighted by Gasteiger charge is -2.26. The van der Waals surface area contributed by atoms with Gasteiger partial charge >= 0.3 is 0 Å². The zero-order valence-electron chi connectivity index (χ0n) is 17.3. The molecule has 0 aromatic heterocycles. The Morgan fingerprint density at radius 2 is 1.68 bits per heavy atom. The van der Waals surface area contributed by atoms with E-state index in [2.05, 4.69) is 0 Å². The van der Waals surface area contributed by atoms with Crippen molar-refractivity contribution < 1.29 is 23.5 Å². The van der Waals surface area contributed by atoms with Crippen LogP contribution in [0.1, 0.15) is 55.5 Å². The molecule has 1 amide bonds. The highest BCUT2D eigenvalue weighted by molar-refractivity contribution is 6.00. The molecule has 0 fully saturated rings. The number of rotatable bonds is 5. The van der Waals surface area contributed by atoms with E-state index in [0.717, 1.165) is 22.3 Å². The van der Waals surface area contributed by atoms with E-state index in [0.29, 0.717) is 35.7 Å². The van der Waals surface area contributed by atoms with Gasteiger partial charge in [0, 0.05) is 17.5 Å². The SMILES string of the molecule is Cc1cc2c(c(C)c1OC(c1ccc(F)cc1)c1ccc(C(N)=O)cc1)OCCC2=O. The van der Waals surface area contributed by atoms with Crippen LogP contribution in [0.3, 0.4) is 0 Å². The number of hydrogen-bond acceptors (Lipinski definition) is 4. The van der Waals surface area contributed by atoms with Crippen molar-refractivity contribution in [3.05, 3.63) is 93.8 Å². The van der Waals surface area contributed by atoms with E-state index in [-0.39, 0.29) is 11.6 Å². The van der Waals surface area contributed by atoms with Gasteiger partial charge in [0.1, 0.15) is 23.4 Å². The zero-order chi connectivity index (χ0) is 22.1. The van der Waals surface area contributed by atoms with Crippen molar-refractivity contribution in [2.24, 2.45) is 5.73 Å². The Morgan fingerprint density at radius 3 is 2.29 bits per heavy atom. The Morgan fingerprint density at radius 1 is 1.06 bits per heavy atom. The van der Waals surface area contributed by atoms with Crippen molar-refractivity contribution in [2.75, 3.05) is 6.61 Å². The van der Waals surface area contributed by atoms with Crippen LogP contribution < -0.4 is 15.2 Å². The third-order valence-corrected chi connectivity index (χ3v) is 5.43. The van der Waals surface area contributed by atoms with Crippen molar-refractivity contribution >= 4 is 11.7 Å². The van der Waals surface area contributed by atoms with Crippen LogP contribution in [0.4, 0.5) is 4.39 Å². The second-order valence-corrected chi connectivity index (χ2v) is 7.58. The third kappa shape index (κ3) is 4.01. The molecule has 1 atom stereocenters. The fourth-order valence-corrected chi connectivity index (χ4v) is 3.81. The molecule has 0 spiro atoms. The number of Topliss-reactive ketones (excluding diaryl/α,β-unsaturated/α-hetero) is 1. The fourth-order valence-electron chi connectivity index (χ4n) is 3.81. The summed E-state index contributed by atoms with van der Waals surface area (Å²) in [7, 11) is 0. The van der Waals surface area contributed by atoms with Crippen LogP contribution >= 0.6 is 0 Å². The van der Waals surface area contributed by atoms with Crippen molar-refractivity contribution in [1.29, 1.82) is 0 Å². The monoisotopic (exact) mass is 419 g/mol. The number of fused-ring (bicyclic) bond motifs is 1. The van der Waals surface area contributed by atoms with Gasteiger partial charge in [-0.2, -0.15) is 0 Å². The molecule has 0 saturated heterocycles. The number of halogens is 1. The lowest BCUT2D eigenvalue weighted by atomic mass is 9.96. The smallest absolute Gasteiger partial charge is 0.248 e. The maximum atomic E-state index is 13.5. The lowest BCUT2D eigenvalue weighted by molar-refractivity contribution is 0.0931. The zero-order valence-corrected chi connectivity index (χ0v) is 17.3. The molecule has 31 heavy (non-hydrogen) atoms. The first-order chi connectivity index (χ1) is 14.8. The van der Waals surface area contributed by atoms with Gasteiger partial charge < -0.3 is 15.2 Å². The number of hydrogen-bond donors (Lipinski definition) is 1. The van der Waals surface area contributed by atoms with E-state index in [1.54, 1.807) is 42.5 Å². The van der Waals surface area contributed by atoms with Gasteiger partial charge in [0.2, 0.25) is 5.91 Å². The molecule has 5 nitrogen and oxygen atoms in total. The number of amides is 1. The molecule has 1 heterocycles. The average molecular weight is 419 g/mol. The molecule has 1 unspecified atom stereocenters. The predicted octanol–water partition coefficient (Wildman–Crippen LogP) is 4.68. The van der Waals surface area contributed by atoms with Gasteiger partial charge in [-0.15, -0.1) is 0 Å². The number of aryl methyl sites for hydroxylation is 1. The minimum atomic E-state index is -0.572. The van der Waals surface area contributed by atoms with Gasteiger partial charge in [-0.1, -0.05) is 24.3 Å². The van der Waals surface area contributed by atoms with E-state index in [4.69, 9.17) is 15.2 Å². The molecule has 1 aliphatic rings. The lowest BCUT2D eigenvalue weighted by Crippen LogP contribution is -2.18. The molecule has 0 radical (unpaired) electrons. The minimum absolute atomic E-state index is 0.0520. The van der Waals surface area contributed by atoms with Crippen molar-refractivity contribution in [1.82, 2.24) is 0 Å². The predicted molar refractivity (Wildman–Crippen MR) is 114 cm³/mol. The second kappa shape index (κ2) is 8.22. The highest BCUT2D eigenvalue weighted by atomic mass is 19.1. The largest absolute Gasteiger partial charge is 0.492 e. The highest BCUT2D eigenvalue weighted by Gasteiger charge is 2.26. The summed E-state index contributed by atoms with van der Waals surface area (Å²) in [6, 6.07) is 14.6. The van der Waals surface area contributed by atoms with Crippen LogP contribution in [-0.4, -0.2) is 18.3 Å². The second-order valence-electron chi connectivity index (χ2n) is 7.58. The quantitative estimate of drug-likeness (QED) is 0.652. The summed E-state index contributed by atoms with van der Waals surface area (Å²) in [6.07, 6.45) is -0.214. The number of carbonyl (C=O) groups excluding carboxylic acids is 2. The first kappa shape index (κ1) is 20.6. The van der Waals surface area contributed by atoms with Gasteiger partial charge in [-0.3, -0.25) is 9.59 Å². The highest BCUT2D eigenvalue weighted by Crippen LogP contribution is 2.40. The number of ketones is 1. The van der Waals surface area contributed by atoms with E-state index in [9.17, 15) is 14.0 Å². The van der Waals surface area contributed by atoms with Crippen LogP contribution in [0, 0.1) is 19.7 Å². The molecule has 0 aliphatic carbocycles. The molecule has 3 aromatic carbocycles. The number of nitrogens with two attached hydrogens (primary N) is 1. The first-order valence-corrected chi connectivity index (χ1v) is 9.97. The van der Waals surface area contributed by atoms with Gasteiger partial charge in [0.05, 0.1) is 12.2 Å². The van der Waals surface area contributed by atoms with Gasteiger partial charge in [0.15, 0.2) is 5.78 Å². The molecule has 0 bridgehead atoms. The summed E-state index contributed by atoms with van der Waals surface area (Å²) in [5.41, 5.74) is 9.35. The maximum absolute atomic E-state index is 13.5. The standard InChI is InChI=1S/C25H22FNO4/c1-14-13-20-21(28)11-12-30-23(20)15(2)22(14)31-24(17-7-9-19(26)10-8-17)16-3-5-18(6-4-16)25(27)29/h3-10,13,24H,11-12H2,1-2H3,(H2,27,29). The third-order valence-electron chi connectivity index (χ3n) is 5.43. The summed E-state index contributed by atoms with van der Waals surface area (Å²) < 4.78 is 25.8. The molecule has 158 valence electrons. The van der Waals surface area contributed by atoms with E-state index < -0.39 is 12.0 Å². The van der Waals surface area contributed by atoms with Crippen molar-refractivity contribution in [2.45, 2.75) is 26.4 Å². The van der Waals surface area contributed by atoms with Gasteiger partial charge in [0.25, 0.3) is 0 Å². The van der Waals surface area contributed by atoms with Crippen LogP contribution in [0.25, 0.3) is 0 Å². The fraction of sp³-hybridized carbons (Fsp3) is 0.200. The molecule has 2 N–H and O–H groups in total. The molecule has 1 aliphatic heterocycles. The van der Waals surface area contributed by atoms with Crippen LogP contribution in [0.2, 0.25) is 0 Å². The van der Waals surface area contributed by atoms with Gasteiger partial charge in [-0.25, -0.2) is 4.39 Å². The normalized spacial score (nSPS) is 13.8. The molecule has 0 saturated carbocycles. The number of primary amides is 1. The first-order valence-electron chi connectivity index (χ1n) is 9.97. The topological polar surface area (TPSA) is 78.6 Å². The van der Waals surface area contributed by atoms with E-state index in [1.165, 1.54) is 12.1 Å². The summed E-state index contributed by atoms with van der Waals surface area (Å²) in [5.74, 6) is 0.324. The summed E-state index contributed by atoms with van der Waals surface area (Å²) in [4.78, 5) is 23.7. The van der Waals surface area contributed by atoms with Crippen LogP contribution in [0.15, 0.2) is 54.6 Å². The van der Waals surface area contributed by atoms with E-state index in [1.807, 2.05) is 13.8 Å². The summed E-state index contributed by atoms with van der Waals surface area (Å²) in [6.45, 7) is 4.07. The minimum Gasteiger partial charge on any atom is -0.492 e. The number of ether oxygens (including phenoxy) is 2. The van der Waals surface area contributed by atoms with Crippen molar-refractivity contribution in [3.8, 4) is 11.5 Å². The molecular formula is C25H22FNO4. The number of benzene rings is 3. The Hall–Kier alpha value is -3.67. The Kier molecular flexibility index (Phi) is 5.46. The number of carbonyl (C=O) groups is 2.